The van der Waals surface area contributed by atoms with E-state index in [9.17, 15) is 13.6 Å². The molecule has 10 heteroatoms. The van der Waals surface area contributed by atoms with E-state index < -0.39 is 6.61 Å². The zero-order valence-electron chi connectivity index (χ0n) is 16.0. The van der Waals surface area contributed by atoms with Crippen molar-refractivity contribution in [2.24, 2.45) is 10.9 Å². The van der Waals surface area contributed by atoms with Crippen molar-refractivity contribution in [1.29, 1.82) is 0 Å². The van der Waals surface area contributed by atoms with Gasteiger partial charge in [-0.2, -0.15) is 8.78 Å². The standard InChI is InChI=1S/C18H26F2N4O3.HI/c1-3-21-18(23-9-8-22-16(25)12-4-5-12)24-11-13-10-14(26-2)6-7-15(13)27-17(19)20;/h6-7,10,12,17H,3-5,8-9,11H2,1-2H3,(H,22,25)(H2,21,23,24);1H. The zero-order valence-corrected chi connectivity index (χ0v) is 18.3. The normalized spacial score (nSPS) is 13.5. The molecule has 0 unspecified atom stereocenters. The first kappa shape index (κ1) is 24.2. The molecule has 0 aliphatic heterocycles. The molecule has 0 saturated heterocycles. The highest BCUT2D eigenvalue weighted by Gasteiger charge is 2.28. The Morgan fingerprint density at radius 2 is 1.96 bits per heavy atom. The van der Waals surface area contributed by atoms with Gasteiger partial charge in [-0.05, 0) is 38.0 Å². The SMILES string of the molecule is CCNC(=NCc1cc(OC)ccc1OC(F)F)NCCNC(=O)C1CC1.I. The number of guanidine groups is 1. The van der Waals surface area contributed by atoms with Gasteiger partial charge in [-0.1, -0.05) is 0 Å². The Morgan fingerprint density at radius 1 is 1.25 bits per heavy atom. The Hall–Kier alpha value is -1.85. The summed E-state index contributed by atoms with van der Waals surface area (Å²) >= 11 is 0. The predicted molar refractivity (Wildman–Crippen MR) is 114 cm³/mol. The number of alkyl halides is 2. The van der Waals surface area contributed by atoms with Crippen LogP contribution in [0.15, 0.2) is 23.2 Å². The average molecular weight is 512 g/mol. The van der Waals surface area contributed by atoms with Gasteiger partial charge in [0, 0.05) is 31.1 Å². The van der Waals surface area contributed by atoms with Crippen LogP contribution >= 0.6 is 24.0 Å². The second-order valence-corrected chi connectivity index (χ2v) is 6.04. The molecule has 0 bridgehead atoms. The molecule has 0 aromatic heterocycles. The monoisotopic (exact) mass is 512 g/mol. The Labute approximate surface area is 180 Å². The first-order chi connectivity index (χ1) is 13.0. The van der Waals surface area contributed by atoms with E-state index in [1.807, 2.05) is 6.92 Å². The molecule has 1 amide bonds. The summed E-state index contributed by atoms with van der Waals surface area (Å²) in [7, 11) is 1.50. The van der Waals surface area contributed by atoms with Crippen LogP contribution in [0.25, 0.3) is 0 Å². The van der Waals surface area contributed by atoms with Crippen LogP contribution in [0.2, 0.25) is 0 Å². The zero-order chi connectivity index (χ0) is 19.6. The Morgan fingerprint density at radius 3 is 2.57 bits per heavy atom. The second-order valence-electron chi connectivity index (χ2n) is 6.04. The van der Waals surface area contributed by atoms with Gasteiger partial charge >= 0.3 is 6.61 Å². The number of carbonyl (C=O) groups is 1. The lowest BCUT2D eigenvalue weighted by molar-refractivity contribution is -0.122. The van der Waals surface area contributed by atoms with E-state index in [2.05, 4.69) is 25.7 Å². The molecule has 2 rings (SSSR count). The molecular formula is C18H27F2IN4O3. The fourth-order valence-electron chi connectivity index (χ4n) is 2.38. The molecule has 1 aromatic rings. The summed E-state index contributed by atoms with van der Waals surface area (Å²) in [6, 6.07) is 4.60. The van der Waals surface area contributed by atoms with E-state index in [0.717, 1.165) is 12.8 Å². The minimum atomic E-state index is -2.91. The number of nitrogens with zero attached hydrogens (tertiary/aromatic N) is 1. The number of carbonyl (C=O) groups excluding carboxylic acids is 1. The van der Waals surface area contributed by atoms with Crippen LogP contribution in [0, 0.1) is 5.92 Å². The summed E-state index contributed by atoms with van der Waals surface area (Å²) in [5.41, 5.74) is 0.480. The topological polar surface area (TPSA) is 84.0 Å². The Balaban J connectivity index is 0.00000392. The highest BCUT2D eigenvalue weighted by atomic mass is 127. The van der Waals surface area contributed by atoms with Crippen molar-refractivity contribution in [2.45, 2.75) is 32.9 Å². The van der Waals surface area contributed by atoms with Gasteiger partial charge in [-0.15, -0.1) is 24.0 Å². The van der Waals surface area contributed by atoms with Crippen LogP contribution in [0.1, 0.15) is 25.3 Å². The third-order valence-corrected chi connectivity index (χ3v) is 3.90. The Bertz CT molecular complexity index is 658. The van der Waals surface area contributed by atoms with E-state index in [0.29, 0.717) is 36.9 Å². The molecule has 1 saturated carbocycles. The fraction of sp³-hybridized carbons (Fsp3) is 0.556. The van der Waals surface area contributed by atoms with Gasteiger partial charge in [-0.3, -0.25) is 4.79 Å². The quantitative estimate of drug-likeness (QED) is 0.194. The lowest BCUT2D eigenvalue weighted by Gasteiger charge is -2.14. The van der Waals surface area contributed by atoms with E-state index in [1.165, 1.54) is 13.2 Å². The van der Waals surface area contributed by atoms with Crippen molar-refractivity contribution in [3.8, 4) is 11.5 Å². The molecule has 0 radical (unpaired) electrons. The summed E-state index contributed by atoms with van der Waals surface area (Å²) in [4.78, 5) is 16.0. The smallest absolute Gasteiger partial charge is 0.387 e. The number of nitrogens with one attached hydrogen (secondary N) is 3. The maximum Gasteiger partial charge on any atom is 0.387 e. The van der Waals surface area contributed by atoms with Gasteiger partial charge in [0.2, 0.25) is 5.91 Å². The van der Waals surface area contributed by atoms with Crippen molar-refractivity contribution in [2.75, 3.05) is 26.7 Å². The molecule has 3 N–H and O–H groups in total. The number of rotatable bonds is 10. The first-order valence-electron chi connectivity index (χ1n) is 8.95. The minimum absolute atomic E-state index is 0. The maximum atomic E-state index is 12.6. The molecule has 28 heavy (non-hydrogen) atoms. The number of amides is 1. The van der Waals surface area contributed by atoms with E-state index >= 15 is 0 Å². The summed E-state index contributed by atoms with van der Waals surface area (Å²) in [6.07, 6.45) is 1.93. The van der Waals surface area contributed by atoms with E-state index in [4.69, 9.17) is 4.74 Å². The molecule has 1 aliphatic carbocycles. The Kier molecular flexibility index (Phi) is 10.9. The fourth-order valence-corrected chi connectivity index (χ4v) is 2.38. The van der Waals surface area contributed by atoms with Gasteiger partial charge in [0.1, 0.15) is 11.5 Å². The van der Waals surface area contributed by atoms with Gasteiger partial charge < -0.3 is 25.4 Å². The van der Waals surface area contributed by atoms with Crippen molar-refractivity contribution in [3.05, 3.63) is 23.8 Å². The molecule has 0 spiro atoms. The highest BCUT2D eigenvalue weighted by Crippen LogP contribution is 2.28. The van der Waals surface area contributed by atoms with Crippen molar-refractivity contribution in [3.63, 3.8) is 0 Å². The molecular weight excluding hydrogens is 485 g/mol. The van der Waals surface area contributed by atoms with Gasteiger partial charge in [0.25, 0.3) is 0 Å². The summed E-state index contributed by atoms with van der Waals surface area (Å²) in [6.45, 7) is 0.759. The molecule has 7 nitrogen and oxygen atoms in total. The molecule has 1 aromatic carbocycles. The number of ether oxygens (including phenoxy) is 2. The van der Waals surface area contributed by atoms with Crippen LogP contribution in [-0.2, 0) is 11.3 Å². The summed E-state index contributed by atoms with van der Waals surface area (Å²) in [5.74, 6) is 1.37. The molecule has 1 aliphatic rings. The number of benzene rings is 1. The highest BCUT2D eigenvalue weighted by molar-refractivity contribution is 14.0. The molecule has 158 valence electrons. The van der Waals surface area contributed by atoms with Crippen LogP contribution in [-0.4, -0.2) is 45.2 Å². The van der Waals surface area contributed by atoms with Gasteiger partial charge in [-0.25, -0.2) is 4.99 Å². The molecule has 0 atom stereocenters. The summed E-state index contributed by atoms with van der Waals surface area (Å²) in [5, 5.41) is 9.03. The van der Waals surface area contributed by atoms with Crippen LogP contribution < -0.4 is 25.4 Å². The van der Waals surface area contributed by atoms with Gasteiger partial charge in [0.15, 0.2) is 5.96 Å². The largest absolute Gasteiger partial charge is 0.497 e. The molecule has 1 fully saturated rings. The van der Waals surface area contributed by atoms with Gasteiger partial charge in [0.05, 0.1) is 13.7 Å². The third kappa shape index (κ3) is 8.44. The van der Waals surface area contributed by atoms with Crippen molar-refractivity contribution >= 4 is 35.8 Å². The average Bonchev–Trinajstić information content (AvgIpc) is 3.48. The second kappa shape index (κ2) is 12.6. The van der Waals surface area contributed by atoms with Crippen LogP contribution in [0.3, 0.4) is 0 Å². The summed E-state index contributed by atoms with van der Waals surface area (Å²) < 4.78 is 34.8. The number of methoxy groups -OCH3 is 1. The van der Waals surface area contributed by atoms with Crippen molar-refractivity contribution < 1.29 is 23.0 Å². The van der Waals surface area contributed by atoms with E-state index in [-0.39, 0.29) is 48.1 Å². The third-order valence-electron chi connectivity index (χ3n) is 3.90. The van der Waals surface area contributed by atoms with Crippen LogP contribution in [0.5, 0.6) is 11.5 Å². The van der Waals surface area contributed by atoms with E-state index in [1.54, 1.807) is 12.1 Å². The van der Waals surface area contributed by atoms with Crippen LogP contribution in [0.4, 0.5) is 8.78 Å². The van der Waals surface area contributed by atoms with Crippen molar-refractivity contribution in [1.82, 2.24) is 16.0 Å². The number of hydrogen-bond donors (Lipinski definition) is 3. The predicted octanol–water partition coefficient (Wildman–Crippen LogP) is 2.50. The molecule has 0 heterocycles. The number of halogens is 3. The lowest BCUT2D eigenvalue weighted by Crippen LogP contribution is -2.41. The number of aliphatic imine (C=N–C) groups is 1. The first-order valence-corrected chi connectivity index (χ1v) is 8.95. The minimum Gasteiger partial charge on any atom is -0.497 e. The lowest BCUT2D eigenvalue weighted by atomic mass is 10.2. The number of hydrogen-bond acceptors (Lipinski definition) is 4. The maximum absolute atomic E-state index is 12.6.